The molecule has 2 aromatic rings. The largest absolute Gasteiger partial charge is 0.454 e. The highest BCUT2D eigenvalue weighted by molar-refractivity contribution is 6.23. The molecule has 6 atom stereocenters. The summed E-state index contributed by atoms with van der Waals surface area (Å²) in [6.45, 7) is -0.378. The number of amides is 2. The first-order chi connectivity index (χ1) is 15.5. The van der Waals surface area contributed by atoms with E-state index < -0.39 is 5.97 Å². The van der Waals surface area contributed by atoms with Gasteiger partial charge in [0.05, 0.1) is 23.1 Å². The van der Waals surface area contributed by atoms with Crippen LogP contribution in [0.5, 0.6) is 0 Å². The van der Waals surface area contributed by atoms with E-state index in [0.29, 0.717) is 23.1 Å². The number of ketones is 1. The molecule has 0 N–H and O–H groups in total. The molecule has 0 radical (unpaired) electrons. The molecule has 3 fully saturated rings. The van der Waals surface area contributed by atoms with Gasteiger partial charge in [-0.1, -0.05) is 48.6 Å². The van der Waals surface area contributed by atoms with Crippen LogP contribution in [-0.4, -0.2) is 30.2 Å². The van der Waals surface area contributed by atoms with Crippen LogP contribution in [0.15, 0.2) is 66.7 Å². The maximum atomic E-state index is 13.3. The quantitative estimate of drug-likeness (QED) is 0.317. The standard InChI is InChI=1S/C26H21NO5/c28-21(14-5-2-1-3-6-14)13-32-26(31)15-7-4-8-16(11-15)27-24(29)22-17-9-10-18(20-12-19(17)20)23(22)25(27)30/h1-11,17-20,22-23H,12-13H2/t17-,18-,19-,20+,22-,23+/m0/s1. The number of allylic oxidation sites excluding steroid dienone is 2. The Hall–Kier alpha value is -3.54. The molecule has 4 aliphatic carbocycles. The van der Waals surface area contributed by atoms with Gasteiger partial charge in [0, 0.05) is 5.56 Å². The molecule has 7 rings (SSSR count). The fraction of sp³-hybridized carbons (Fsp3) is 0.308. The van der Waals surface area contributed by atoms with Crippen LogP contribution in [0.1, 0.15) is 27.1 Å². The predicted octanol–water partition coefficient (Wildman–Crippen LogP) is 3.28. The summed E-state index contributed by atoms with van der Waals surface area (Å²) in [6, 6.07) is 14.9. The number of ether oxygens (including phenoxy) is 1. The van der Waals surface area contributed by atoms with Crippen LogP contribution in [0.2, 0.25) is 0 Å². The zero-order valence-corrected chi connectivity index (χ0v) is 17.2. The van der Waals surface area contributed by atoms with Crippen molar-refractivity contribution < 1.29 is 23.9 Å². The number of imide groups is 1. The topological polar surface area (TPSA) is 80.8 Å². The maximum Gasteiger partial charge on any atom is 0.338 e. The number of carbonyl (C=O) groups excluding carboxylic acids is 4. The minimum absolute atomic E-state index is 0.147. The number of nitrogens with zero attached hydrogens (tertiary/aromatic N) is 1. The van der Waals surface area contributed by atoms with E-state index in [9.17, 15) is 19.2 Å². The summed E-state index contributed by atoms with van der Waals surface area (Å²) < 4.78 is 5.19. The van der Waals surface area contributed by atoms with Gasteiger partial charge in [0.2, 0.25) is 11.8 Å². The fourth-order valence-electron chi connectivity index (χ4n) is 5.91. The molecule has 2 bridgehead atoms. The van der Waals surface area contributed by atoms with E-state index in [4.69, 9.17) is 4.74 Å². The number of esters is 1. The fourth-order valence-corrected chi connectivity index (χ4v) is 5.91. The first kappa shape index (κ1) is 19.2. The van der Waals surface area contributed by atoms with Crippen molar-refractivity contribution in [1.29, 1.82) is 0 Å². The van der Waals surface area contributed by atoms with E-state index in [-0.39, 0.29) is 53.4 Å². The number of hydrogen-bond donors (Lipinski definition) is 0. The zero-order valence-electron chi connectivity index (χ0n) is 17.2. The monoisotopic (exact) mass is 427 g/mol. The van der Waals surface area contributed by atoms with Crippen LogP contribution in [0.3, 0.4) is 0 Å². The number of Topliss-reactive ketones (excluding diaryl/α,β-unsaturated/α-hetero) is 1. The van der Waals surface area contributed by atoms with Gasteiger partial charge in [-0.05, 0) is 48.3 Å². The Bertz CT molecular complexity index is 1150. The van der Waals surface area contributed by atoms with Gasteiger partial charge in [-0.3, -0.25) is 14.4 Å². The Balaban J connectivity index is 1.20. The second-order valence-corrected chi connectivity index (χ2v) is 9.08. The molecule has 2 amide bonds. The van der Waals surface area contributed by atoms with Crippen molar-refractivity contribution in [2.24, 2.45) is 35.5 Å². The van der Waals surface area contributed by atoms with Crippen molar-refractivity contribution in [3.05, 3.63) is 77.9 Å². The van der Waals surface area contributed by atoms with E-state index in [1.807, 2.05) is 0 Å². The van der Waals surface area contributed by atoms with Gasteiger partial charge < -0.3 is 4.74 Å². The summed E-state index contributed by atoms with van der Waals surface area (Å²) in [5.41, 5.74) is 1.04. The molecule has 6 heteroatoms. The van der Waals surface area contributed by atoms with Gasteiger partial charge in [-0.15, -0.1) is 0 Å². The van der Waals surface area contributed by atoms with Crippen molar-refractivity contribution in [2.75, 3.05) is 11.5 Å². The Morgan fingerprint density at radius 3 is 2.12 bits per heavy atom. The predicted molar refractivity (Wildman–Crippen MR) is 115 cm³/mol. The average molecular weight is 427 g/mol. The summed E-state index contributed by atoms with van der Waals surface area (Å²) in [5, 5.41) is 0. The van der Waals surface area contributed by atoms with E-state index in [2.05, 4.69) is 12.2 Å². The lowest BCUT2D eigenvalue weighted by Crippen LogP contribution is -2.40. The van der Waals surface area contributed by atoms with Crippen molar-refractivity contribution in [1.82, 2.24) is 0 Å². The first-order valence-corrected chi connectivity index (χ1v) is 11.0. The van der Waals surface area contributed by atoms with E-state index >= 15 is 0 Å². The molecule has 0 aromatic heterocycles. The number of hydrogen-bond acceptors (Lipinski definition) is 5. The highest BCUT2D eigenvalue weighted by Gasteiger charge is 2.67. The molecule has 1 aliphatic heterocycles. The van der Waals surface area contributed by atoms with Gasteiger partial charge in [0.25, 0.3) is 0 Å². The van der Waals surface area contributed by atoms with Crippen LogP contribution >= 0.6 is 0 Å². The van der Waals surface area contributed by atoms with Crippen LogP contribution in [-0.2, 0) is 14.3 Å². The van der Waals surface area contributed by atoms with Gasteiger partial charge in [0.1, 0.15) is 0 Å². The van der Waals surface area contributed by atoms with Gasteiger partial charge in [-0.25, -0.2) is 9.69 Å². The van der Waals surface area contributed by atoms with Crippen molar-refractivity contribution in [3.63, 3.8) is 0 Å². The summed E-state index contributed by atoms with van der Waals surface area (Å²) in [6.07, 6.45) is 5.37. The first-order valence-electron chi connectivity index (χ1n) is 11.0. The molecule has 1 heterocycles. The van der Waals surface area contributed by atoms with E-state index in [0.717, 1.165) is 6.42 Å². The number of carbonyl (C=O) groups is 4. The molecule has 32 heavy (non-hydrogen) atoms. The highest BCUT2D eigenvalue weighted by atomic mass is 16.5. The highest BCUT2D eigenvalue weighted by Crippen LogP contribution is 2.65. The molecule has 1 saturated heterocycles. The van der Waals surface area contributed by atoms with Gasteiger partial charge in [0.15, 0.2) is 12.4 Å². The third-order valence-corrected chi connectivity index (χ3v) is 7.43. The van der Waals surface area contributed by atoms with Crippen LogP contribution in [0, 0.1) is 35.5 Å². The van der Waals surface area contributed by atoms with Crippen molar-refractivity contribution in [3.8, 4) is 0 Å². The van der Waals surface area contributed by atoms with Crippen LogP contribution < -0.4 is 4.90 Å². The number of anilines is 1. The number of benzene rings is 2. The summed E-state index contributed by atoms with van der Waals surface area (Å²) in [7, 11) is 0. The van der Waals surface area contributed by atoms with Gasteiger partial charge in [-0.2, -0.15) is 0 Å². The third kappa shape index (κ3) is 2.79. The lowest BCUT2D eigenvalue weighted by atomic mass is 9.63. The summed E-state index contributed by atoms with van der Waals surface area (Å²) in [5.74, 6) is -0.536. The van der Waals surface area contributed by atoms with E-state index in [1.165, 1.54) is 11.0 Å². The SMILES string of the molecule is O=C(COC(=O)c1cccc(N2C(=O)[C@@H]3[C@H]4C=C[C@@H]([C@@H]5C[C@H]45)[C@@H]3C2=O)c1)c1ccccc1. The maximum absolute atomic E-state index is 13.3. The van der Waals surface area contributed by atoms with Crippen LogP contribution in [0.4, 0.5) is 5.69 Å². The molecule has 5 aliphatic rings. The Labute approximate surface area is 184 Å². The van der Waals surface area contributed by atoms with Gasteiger partial charge >= 0.3 is 5.97 Å². The Kier molecular flexibility index (Phi) is 4.18. The Morgan fingerprint density at radius 1 is 0.844 bits per heavy atom. The summed E-state index contributed by atoms with van der Waals surface area (Å²) >= 11 is 0. The molecular formula is C26H21NO5. The number of rotatable bonds is 5. The molecular weight excluding hydrogens is 406 g/mol. The lowest BCUT2D eigenvalue weighted by molar-refractivity contribution is -0.124. The third-order valence-electron chi connectivity index (χ3n) is 7.43. The Morgan fingerprint density at radius 2 is 1.47 bits per heavy atom. The second-order valence-electron chi connectivity index (χ2n) is 9.08. The molecule has 160 valence electrons. The minimum atomic E-state index is -0.671. The molecule has 6 nitrogen and oxygen atoms in total. The van der Waals surface area contributed by atoms with Crippen molar-refractivity contribution >= 4 is 29.3 Å². The van der Waals surface area contributed by atoms with Crippen molar-refractivity contribution in [2.45, 2.75) is 6.42 Å². The smallest absolute Gasteiger partial charge is 0.338 e. The van der Waals surface area contributed by atoms with E-state index in [1.54, 1.807) is 48.5 Å². The minimum Gasteiger partial charge on any atom is -0.454 e. The zero-order chi connectivity index (χ0) is 22.0. The van der Waals surface area contributed by atoms with Crippen LogP contribution in [0.25, 0.3) is 0 Å². The lowest BCUT2D eigenvalue weighted by Gasteiger charge is -2.37. The summed E-state index contributed by atoms with van der Waals surface area (Å²) in [4.78, 5) is 52.5. The molecule has 2 aromatic carbocycles. The normalized spacial score (nSPS) is 31.3. The average Bonchev–Trinajstić information content (AvgIpc) is 3.61. The molecule has 2 saturated carbocycles. The molecule has 0 spiro atoms. The molecule has 0 unspecified atom stereocenters. The second kappa shape index (κ2) is 6.99.